The molecule has 0 unspecified atom stereocenters. The maximum Gasteiger partial charge on any atom is 0.323 e. The smallest absolute Gasteiger partial charge is 0.323 e. The molecule has 0 atom stereocenters. The molecule has 3 N–H and O–H groups in total. The predicted octanol–water partition coefficient (Wildman–Crippen LogP) is 5.47. The Labute approximate surface area is 193 Å². The first kappa shape index (κ1) is 23.9. The minimum absolute atomic E-state index is 0.0208. The number of benzene rings is 2. The summed E-state index contributed by atoms with van der Waals surface area (Å²) in [4.78, 5) is 27.7. The molecule has 0 saturated carbocycles. The lowest BCUT2D eigenvalue weighted by atomic mass is 10.2. The quantitative estimate of drug-likeness (QED) is 0.420. The van der Waals surface area contributed by atoms with Crippen LogP contribution in [0.15, 0.2) is 54.7 Å². The molecule has 1 aromatic heterocycles. The molecular formula is C24H27FN4O3Si. The van der Waals surface area contributed by atoms with Gasteiger partial charge in [0.25, 0.3) is 0 Å². The van der Waals surface area contributed by atoms with Crippen molar-refractivity contribution in [2.24, 2.45) is 0 Å². The molecule has 33 heavy (non-hydrogen) atoms. The summed E-state index contributed by atoms with van der Waals surface area (Å²) < 4.78 is 20.3. The number of aryl methyl sites for hydroxylation is 1. The number of aromatic nitrogens is 1. The molecule has 1 heterocycles. The van der Waals surface area contributed by atoms with Gasteiger partial charge >= 0.3 is 6.03 Å². The first-order valence-electron chi connectivity index (χ1n) is 10.4. The van der Waals surface area contributed by atoms with Gasteiger partial charge in [-0.05, 0) is 36.8 Å². The third-order valence-electron chi connectivity index (χ3n) is 4.81. The van der Waals surface area contributed by atoms with Crippen LogP contribution in [0.5, 0.6) is 11.5 Å². The Bertz CT molecular complexity index is 1190. The number of urea groups is 1. The van der Waals surface area contributed by atoms with Gasteiger partial charge in [-0.1, -0.05) is 37.0 Å². The second kappa shape index (κ2) is 9.82. The van der Waals surface area contributed by atoms with Gasteiger partial charge in [-0.3, -0.25) is 4.79 Å². The molecule has 0 aliphatic carbocycles. The lowest BCUT2D eigenvalue weighted by Gasteiger charge is -2.19. The van der Waals surface area contributed by atoms with E-state index in [1.54, 1.807) is 6.07 Å². The number of pyridine rings is 1. The van der Waals surface area contributed by atoms with Crippen LogP contribution in [0.3, 0.4) is 0 Å². The summed E-state index contributed by atoms with van der Waals surface area (Å²) in [5.41, 5.74) is 1.64. The number of amides is 3. The summed E-state index contributed by atoms with van der Waals surface area (Å²) in [6.07, 6.45) is 1.47. The number of nitrogens with zero attached hydrogens (tertiary/aromatic N) is 1. The molecule has 0 fully saturated rings. The zero-order valence-corrected chi connectivity index (χ0v) is 20.2. The molecule has 0 saturated heterocycles. The molecule has 0 aliphatic heterocycles. The number of hydrogen-bond acceptors (Lipinski definition) is 4. The van der Waals surface area contributed by atoms with Crippen LogP contribution >= 0.6 is 0 Å². The molecule has 9 heteroatoms. The average Bonchev–Trinajstić information content (AvgIpc) is 2.70. The topological polar surface area (TPSA) is 92.4 Å². The zero-order chi connectivity index (χ0) is 24.2. The van der Waals surface area contributed by atoms with E-state index in [9.17, 15) is 14.0 Å². The highest BCUT2D eigenvalue weighted by Crippen LogP contribution is 2.27. The van der Waals surface area contributed by atoms with Gasteiger partial charge in [0, 0.05) is 30.9 Å². The van der Waals surface area contributed by atoms with Crippen LogP contribution in [0.1, 0.15) is 12.5 Å². The molecule has 3 amide bonds. The van der Waals surface area contributed by atoms with E-state index in [2.05, 4.69) is 46.6 Å². The summed E-state index contributed by atoms with van der Waals surface area (Å²) in [7, 11) is -1.54. The fraction of sp³-hybridized carbons (Fsp3) is 0.208. The minimum Gasteiger partial charge on any atom is -0.457 e. The fourth-order valence-electron chi connectivity index (χ4n) is 3.02. The second-order valence-electron chi connectivity index (χ2n) is 8.66. The van der Waals surface area contributed by atoms with E-state index < -0.39 is 19.9 Å². The summed E-state index contributed by atoms with van der Waals surface area (Å²) in [5, 5.41) is 9.12. The van der Waals surface area contributed by atoms with Crippen LogP contribution in [-0.2, 0) is 4.79 Å². The summed E-state index contributed by atoms with van der Waals surface area (Å²) >= 11 is 0. The van der Waals surface area contributed by atoms with Crippen molar-refractivity contribution < 1.29 is 18.7 Å². The molecule has 0 spiro atoms. The Hall–Kier alpha value is -3.72. The highest BCUT2D eigenvalue weighted by molar-refractivity contribution is 6.88. The van der Waals surface area contributed by atoms with Crippen LogP contribution in [-0.4, -0.2) is 25.0 Å². The minimum atomic E-state index is -1.54. The van der Waals surface area contributed by atoms with Gasteiger partial charge in [-0.15, -0.1) is 0 Å². The number of ether oxygens (including phenoxy) is 1. The third kappa shape index (κ3) is 6.63. The van der Waals surface area contributed by atoms with Crippen molar-refractivity contribution in [3.05, 3.63) is 66.1 Å². The Morgan fingerprint density at radius 1 is 0.909 bits per heavy atom. The lowest BCUT2D eigenvalue weighted by molar-refractivity contribution is -0.114. The Balaban J connectivity index is 1.68. The van der Waals surface area contributed by atoms with Crippen molar-refractivity contribution in [1.29, 1.82) is 0 Å². The number of halogens is 1. The molecular weight excluding hydrogens is 439 g/mol. The monoisotopic (exact) mass is 466 g/mol. The highest BCUT2D eigenvalue weighted by atomic mass is 28.3. The van der Waals surface area contributed by atoms with Gasteiger partial charge in [-0.25, -0.2) is 14.2 Å². The molecule has 0 aliphatic rings. The van der Waals surface area contributed by atoms with E-state index in [0.717, 1.165) is 5.56 Å². The average molecular weight is 467 g/mol. The van der Waals surface area contributed by atoms with E-state index in [1.165, 1.54) is 42.6 Å². The maximum atomic E-state index is 14.6. The van der Waals surface area contributed by atoms with Crippen LogP contribution in [0.25, 0.3) is 0 Å². The zero-order valence-electron chi connectivity index (χ0n) is 19.2. The van der Waals surface area contributed by atoms with E-state index in [0.29, 0.717) is 17.3 Å². The molecule has 0 radical (unpaired) electrons. The van der Waals surface area contributed by atoms with Gasteiger partial charge in [0.15, 0.2) is 0 Å². The lowest BCUT2D eigenvalue weighted by Crippen LogP contribution is -2.37. The van der Waals surface area contributed by atoms with Crippen molar-refractivity contribution >= 4 is 42.4 Å². The van der Waals surface area contributed by atoms with E-state index >= 15 is 0 Å². The highest BCUT2D eigenvalue weighted by Gasteiger charge is 2.18. The normalized spacial score (nSPS) is 11.0. The number of anilines is 3. The number of nitrogens with one attached hydrogen (secondary N) is 3. The van der Waals surface area contributed by atoms with E-state index in [-0.39, 0.29) is 17.3 Å². The SMILES string of the molecule is CC(=O)Nc1cc(Oc2ccc(NC(=O)Nc3cc([Si](C)(C)C)ccc3C)c(F)c2)ccn1. The van der Waals surface area contributed by atoms with Crippen molar-refractivity contribution in [3.8, 4) is 11.5 Å². The Kier molecular flexibility index (Phi) is 7.12. The van der Waals surface area contributed by atoms with E-state index in [4.69, 9.17) is 4.74 Å². The van der Waals surface area contributed by atoms with Crippen LogP contribution < -0.4 is 25.9 Å². The number of hydrogen-bond donors (Lipinski definition) is 3. The second-order valence-corrected chi connectivity index (χ2v) is 13.7. The Morgan fingerprint density at radius 3 is 2.27 bits per heavy atom. The van der Waals surface area contributed by atoms with Crippen LogP contribution in [0.4, 0.5) is 26.4 Å². The molecule has 2 aromatic carbocycles. The van der Waals surface area contributed by atoms with Crippen molar-refractivity contribution in [1.82, 2.24) is 4.98 Å². The van der Waals surface area contributed by atoms with Crippen LogP contribution in [0.2, 0.25) is 19.6 Å². The van der Waals surface area contributed by atoms with Gasteiger partial charge < -0.3 is 20.7 Å². The first-order valence-corrected chi connectivity index (χ1v) is 13.9. The molecule has 7 nitrogen and oxygen atoms in total. The van der Waals surface area contributed by atoms with Crippen LogP contribution in [0, 0.1) is 12.7 Å². The largest absolute Gasteiger partial charge is 0.457 e. The van der Waals surface area contributed by atoms with Gasteiger partial charge in [0.05, 0.1) is 13.8 Å². The van der Waals surface area contributed by atoms with Crippen molar-refractivity contribution in [2.45, 2.75) is 33.5 Å². The van der Waals surface area contributed by atoms with Gasteiger partial charge in [0.2, 0.25) is 5.91 Å². The van der Waals surface area contributed by atoms with Crippen molar-refractivity contribution in [3.63, 3.8) is 0 Å². The molecule has 3 aromatic rings. The number of rotatable bonds is 6. The van der Waals surface area contributed by atoms with Gasteiger partial charge in [-0.2, -0.15) is 0 Å². The standard InChI is InChI=1S/C24H27FN4O3Si/c1-15-6-8-19(33(3,4)5)14-22(15)29-24(31)28-21-9-7-17(12-20(21)25)32-18-10-11-26-23(13-18)27-16(2)30/h6-14H,1-5H3,(H,26,27,30)(H2,28,29,31). The predicted molar refractivity (Wildman–Crippen MR) is 132 cm³/mol. The maximum absolute atomic E-state index is 14.6. The fourth-order valence-corrected chi connectivity index (χ4v) is 4.18. The Morgan fingerprint density at radius 2 is 1.61 bits per heavy atom. The first-order chi connectivity index (χ1) is 15.5. The molecule has 172 valence electrons. The third-order valence-corrected chi connectivity index (χ3v) is 6.85. The summed E-state index contributed by atoms with van der Waals surface area (Å²) in [5.74, 6) is 0.0264. The van der Waals surface area contributed by atoms with Crippen molar-refractivity contribution in [2.75, 3.05) is 16.0 Å². The molecule has 0 bridgehead atoms. The summed E-state index contributed by atoms with van der Waals surface area (Å²) in [6, 6.07) is 12.8. The molecule has 3 rings (SSSR count). The van der Waals surface area contributed by atoms with E-state index in [1.807, 2.05) is 19.1 Å². The number of carbonyl (C=O) groups is 2. The van der Waals surface area contributed by atoms with Gasteiger partial charge in [0.1, 0.15) is 23.1 Å². The summed E-state index contributed by atoms with van der Waals surface area (Å²) in [6.45, 7) is 9.97. The number of carbonyl (C=O) groups excluding carboxylic acids is 2.